The van der Waals surface area contributed by atoms with Crippen molar-refractivity contribution >= 4 is 47.5 Å². The number of carbonyl (C=O) groups is 1. The Hall–Kier alpha value is -3.87. The molecule has 3 heterocycles. The molecule has 3 aliphatic heterocycles. The lowest BCUT2D eigenvalue weighted by Crippen LogP contribution is -2.39. The topological polar surface area (TPSA) is 217 Å². The Kier molecular flexibility index (Phi) is 8.99. The molecule has 2 unspecified atom stereocenters. The van der Waals surface area contributed by atoms with Crippen molar-refractivity contribution in [1.29, 1.82) is 0 Å². The first-order valence-electron chi connectivity index (χ1n) is 16.5. The average molecular weight is 776 g/mol. The van der Waals surface area contributed by atoms with Gasteiger partial charge in [-0.15, -0.1) is 0 Å². The van der Waals surface area contributed by atoms with E-state index in [0.29, 0.717) is 24.0 Å². The van der Waals surface area contributed by atoms with Crippen LogP contribution in [0.1, 0.15) is 98.8 Å². The number of carbonyl (C=O) groups excluding carboxylic acids is 1. The van der Waals surface area contributed by atoms with Crippen LogP contribution in [0.2, 0.25) is 0 Å². The van der Waals surface area contributed by atoms with Gasteiger partial charge in [0.1, 0.15) is 0 Å². The molecule has 3 aromatic carbocycles. The molecule has 3 aromatic rings. The minimum absolute atomic E-state index is 0.0255. The molecule has 17 heteroatoms. The zero-order valence-corrected chi connectivity index (χ0v) is 32.1. The quantitative estimate of drug-likeness (QED) is 0.195. The molecule has 280 valence electrons. The summed E-state index contributed by atoms with van der Waals surface area (Å²) >= 11 is 0. The van der Waals surface area contributed by atoms with Gasteiger partial charge in [0.15, 0.2) is 21.3 Å². The Labute approximate surface area is 302 Å². The van der Waals surface area contributed by atoms with Crippen molar-refractivity contribution in [3.05, 3.63) is 74.8 Å². The van der Waals surface area contributed by atoms with Crippen molar-refractivity contribution in [3.63, 3.8) is 0 Å². The summed E-state index contributed by atoms with van der Waals surface area (Å²) in [5.41, 5.74) is 0.158. The van der Waals surface area contributed by atoms with E-state index < -0.39 is 74.4 Å². The van der Waals surface area contributed by atoms with Crippen LogP contribution in [-0.2, 0) is 30.4 Å². The van der Waals surface area contributed by atoms with Crippen LogP contribution in [0.15, 0.2) is 51.2 Å². The van der Waals surface area contributed by atoms with Crippen LogP contribution in [0.25, 0.3) is 5.57 Å². The third-order valence-electron chi connectivity index (χ3n) is 9.78. The molecular weight excluding hydrogens is 735 g/mol. The van der Waals surface area contributed by atoms with Gasteiger partial charge in [-0.2, -0.15) is 25.3 Å². The third-order valence-corrected chi connectivity index (χ3v) is 12.3. The fraction of sp³-hybridized carbons (Fsp3) is 0.429. The van der Waals surface area contributed by atoms with E-state index in [1.165, 1.54) is 13.1 Å². The molecule has 1 amide bonds. The Bertz CT molecular complexity index is 2530. The Morgan fingerprint density at radius 3 is 2.12 bits per heavy atom. The van der Waals surface area contributed by atoms with Crippen molar-refractivity contribution < 1.29 is 48.4 Å². The van der Waals surface area contributed by atoms with Crippen molar-refractivity contribution in [2.75, 3.05) is 24.7 Å². The van der Waals surface area contributed by atoms with Crippen molar-refractivity contribution in [3.8, 4) is 11.5 Å². The number of nitrogens with one attached hydrogen (secondary N) is 1. The minimum atomic E-state index is -5.14. The number of amides is 1. The van der Waals surface area contributed by atoms with Crippen LogP contribution in [0, 0.1) is 0 Å². The van der Waals surface area contributed by atoms with Gasteiger partial charge in [0.25, 0.3) is 36.3 Å². The van der Waals surface area contributed by atoms with Crippen LogP contribution in [-0.4, -0.2) is 80.1 Å². The van der Waals surface area contributed by atoms with Gasteiger partial charge >= 0.3 is 0 Å². The zero-order chi connectivity index (χ0) is 38.5. The summed E-state index contributed by atoms with van der Waals surface area (Å²) in [6.45, 7) is 10.8. The summed E-state index contributed by atoms with van der Waals surface area (Å²) < 4.78 is 114. The van der Waals surface area contributed by atoms with E-state index in [1.807, 2.05) is 41.5 Å². The summed E-state index contributed by atoms with van der Waals surface area (Å²) in [5.74, 6) is -2.81. The molecule has 0 radical (unpaired) electrons. The van der Waals surface area contributed by atoms with E-state index in [2.05, 4.69) is 5.32 Å². The number of hydrogen-bond donors (Lipinski definition) is 4. The lowest BCUT2D eigenvalue weighted by molar-refractivity contribution is 0.0802. The van der Waals surface area contributed by atoms with Crippen LogP contribution in [0.5, 0.6) is 11.5 Å². The highest BCUT2D eigenvalue weighted by Gasteiger charge is 2.42. The zero-order valence-electron chi connectivity index (χ0n) is 29.7. The van der Waals surface area contributed by atoms with E-state index in [0.717, 1.165) is 4.90 Å². The lowest BCUT2D eigenvalue weighted by atomic mass is 9.79. The number of ether oxygens (including phenoxy) is 1. The monoisotopic (exact) mass is 775 g/mol. The summed E-state index contributed by atoms with van der Waals surface area (Å²) in [6, 6.07) is 9.58. The van der Waals surface area contributed by atoms with Crippen LogP contribution < -0.4 is 20.6 Å². The molecule has 14 nitrogen and oxygen atoms in total. The van der Waals surface area contributed by atoms with Gasteiger partial charge in [-0.1, -0.05) is 32.0 Å². The van der Waals surface area contributed by atoms with Crippen LogP contribution >= 0.6 is 0 Å². The second-order valence-corrected chi connectivity index (χ2v) is 19.5. The molecule has 2 atom stereocenters. The van der Waals surface area contributed by atoms with Crippen LogP contribution in [0.3, 0.4) is 0 Å². The summed E-state index contributed by atoms with van der Waals surface area (Å²) in [5, 5.41) is 3.26. The second kappa shape index (κ2) is 12.3. The Morgan fingerprint density at radius 1 is 0.885 bits per heavy atom. The van der Waals surface area contributed by atoms with Crippen molar-refractivity contribution in [2.24, 2.45) is 4.99 Å². The third kappa shape index (κ3) is 6.85. The SMILES string of the molecule is CC1CC(C)(C)Nc2c1cc1c(c2S(=O)(=O)O)Oc2c(S(=O)(=O)O)c3c(cc2=C1c1ccccc1C(=O)N(C)CCS(=O)(=O)O)C(C)CC(C)(C)N=3. The van der Waals surface area contributed by atoms with Crippen molar-refractivity contribution in [2.45, 2.75) is 87.1 Å². The highest BCUT2D eigenvalue weighted by molar-refractivity contribution is 7.86. The molecule has 0 saturated carbocycles. The molecule has 3 aliphatic rings. The van der Waals surface area contributed by atoms with E-state index in [9.17, 15) is 43.7 Å². The largest absolute Gasteiger partial charge is 0.453 e. The van der Waals surface area contributed by atoms with Gasteiger partial charge in [-0.25, -0.2) is 0 Å². The molecule has 6 rings (SSSR count). The smallest absolute Gasteiger partial charge is 0.300 e. The fourth-order valence-electron chi connectivity index (χ4n) is 7.84. The first-order valence-corrected chi connectivity index (χ1v) is 21.0. The van der Waals surface area contributed by atoms with E-state index >= 15 is 0 Å². The first kappa shape index (κ1) is 37.9. The molecule has 0 fully saturated rings. The van der Waals surface area contributed by atoms with Gasteiger partial charge in [-0.05, 0) is 87.3 Å². The number of fused-ring (bicyclic) bond motifs is 4. The van der Waals surface area contributed by atoms with Gasteiger partial charge in [0.2, 0.25) is 0 Å². The standard InChI is InChI=1S/C35H41N3O11S3/c1-18-16-34(3,4)36-27-22(18)14-24-26(20-10-8-9-11-21(20)33(39)38(7)12-13-50(40,41)42)25-15-23-19(2)17-35(5,6)37-28(23)32(52(46,47)48)30(25)49-29(24)31(27)51(43,44)45/h8-11,14-15,18-19,36H,12-13,16-17H2,1-7H3,(H,40,41,42)(H,43,44,45)(H,46,47,48). The predicted octanol–water partition coefficient (Wildman–Crippen LogP) is 4.10. The highest BCUT2D eigenvalue weighted by Crippen LogP contribution is 2.51. The van der Waals surface area contributed by atoms with Crippen LogP contribution in [0.4, 0.5) is 5.69 Å². The number of nitrogens with zero attached hydrogens (tertiary/aromatic N) is 2. The first-order chi connectivity index (χ1) is 23.8. The summed E-state index contributed by atoms with van der Waals surface area (Å²) in [4.78, 5) is 18.5. The summed E-state index contributed by atoms with van der Waals surface area (Å²) in [7, 11) is -13.3. The molecule has 0 bridgehead atoms. The summed E-state index contributed by atoms with van der Waals surface area (Å²) in [6.07, 6.45) is 1.09. The molecule has 0 aliphatic carbocycles. The molecule has 4 N–H and O–H groups in total. The number of benzene rings is 3. The Balaban J connectivity index is 1.83. The molecule has 0 spiro atoms. The second-order valence-electron chi connectivity index (χ2n) is 15.2. The molecule has 52 heavy (non-hydrogen) atoms. The molecular formula is C35H41N3O11S3. The van der Waals surface area contributed by atoms with Gasteiger partial charge in [0.05, 0.1) is 22.3 Å². The van der Waals surface area contributed by atoms with E-state index in [-0.39, 0.29) is 56.9 Å². The van der Waals surface area contributed by atoms with Gasteiger partial charge in [-0.3, -0.25) is 23.4 Å². The normalized spacial score (nSPS) is 20.2. The fourth-order valence-corrected chi connectivity index (χ4v) is 9.95. The Morgan fingerprint density at radius 2 is 1.50 bits per heavy atom. The average Bonchev–Trinajstić information content (AvgIpc) is 2.98. The van der Waals surface area contributed by atoms with Crippen molar-refractivity contribution in [1.82, 2.24) is 4.90 Å². The van der Waals surface area contributed by atoms with Gasteiger partial charge < -0.3 is 15.0 Å². The number of anilines is 1. The minimum Gasteiger partial charge on any atom is -0.453 e. The molecule has 0 aromatic heterocycles. The lowest BCUT2D eigenvalue weighted by Gasteiger charge is -2.39. The van der Waals surface area contributed by atoms with E-state index in [1.54, 1.807) is 30.3 Å². The number of hydrogen-bond acceptors (Lipinski definition) is 10. The predicted molar refractivity (Wildman–Crippen MR) is 193 cm³/mol. The maximum Gasteiger partial charge on any atom is 0.300 e. The van der Waals surface area contributed by atoms with E-state index in [4.69, 9.17) is 9.73 Å². The number of rotatable bonds is 7. The van der Waals surface area contributed by atoms with Gasteiger partial charge in [0, 0.05) is 41.1 Å². The molecule has 0 saturated heterocycles. The maximum atomic E-state index is 14.0. The maximum absolute atomic E-state index is 14.0. The highest BCUT2D eigenvalue weighted by atomic mass is 32.2.